The van der Waals surface area contributed by atoms with Crippen LogP contribution in [0.15, 0.2) is 66.7 Å². The highest BCUT2D eigenvalue weighted by molar-refractivity contribution is 5.90. The number of rotatable bonds is 6. The minimum absolute atomic E-state index is 0.397. The molecular weight excluding hydrogens is 372 g/mol. The molecule has 0 atom stereocenters. The number of nitrogen functional groups attached to an aromatic ring is 1. The van der Waals surface area contributed by atoms with Crippen LogP contribution in [0, 0.1) is 22.7 Å². The van der Waals surface area contributed by atoms with Gasteiger partial charge in [0.2, 0.25) is 16.7 Å². The first-order chi connectivity index (χ1) is 14.7. The van der Waals surface area contributed by atoms with Crippen molar-refractivity contribution in [3.63, 3.8) is 0 Å². The Bertz CT molecular complexity index is 1270. The molecule has 0 saturated carbocycles. The number of hydrogen-bond donors (Lipinski definition) is 1. The van der Waals surface area contributed by atoms with Gasteiger partial charge in [0.25, 0.3) is 0 Å². The molecule has 0 amide bonds. The lowest BCUT2D eigenvalue weighted by molar-refractivity contribution is -0.538. The number of aromatic nitrogens is 2. The van der Waals surface area contributed by atoms with E-state index in [-0.39, 0.29) is 0 Å². The number of fused-ring (bicyclic) bond motifs is 2. The monoisotopic (exact) mass is 393 g/mol. The molecule has 1 heterocycles. The van der Waals surface area contributed by atoms with Crippen molar-refractivity contribution >= 4 is 33.4 Å². The van der Waals surface area contributed by atoms with Crippen LogP contribution in [-0.4, -0.2) is 18.1 Å². The van der Waals surface area contributed by atoms with Gasteiger partial charge in [-0.05, 0) is 18.2 Å². The molecule has 4 rings (SSSR count). The maximum Gasteiger partial charge on any atom is 0.239 e. The highest BCUT2D eigenvalue weighted by Crippen LogP contribution is 2.25. The standard InChI is InChI=1S/C24H20N6/c25-13-5-15-29(16-6-14-26)19-11-12-21-23(17-19)30(18-7-2-1-3-8-18)22-10-4-9-20(27)24(22)28-21/h1-4,7-12,17,27H,5-6,15-16H2/p+1. The fourth-order valence-corrected chi connectivity index (χ4v) is 3.68. The van der Waals surface area contributed by atoms with Crippen molar-refractivity contribution < 1.29 is 4.57 Å². The van der Waals surface area contributed by atoms with Crippen molar-refractivity contribution in [2.24, 2.45) is 0 Å². The first-order valence-corrected chi connectivity index (χ1v) is 9.81. The summed E-state index contributed by atoms with van der Waals surface area (Å²) in [6.07, 6.45) is 0.795. The summed E-state index contributed by atoms with van der Waals surface area (Å²) in [7, 11) is 0. The van der Waals surface area contributed by atoms with Crippen LogP contribution < -0.4 is 15.2 Å². The summed E-state index contributed by atoms with van der Waals surface area (Å²) < 4.78 is 2.16. The van der Waals surface area contributed by atoms with Crippen molar-refractivity contribution in [2.75, 3.05) is 23.7 Å². The normalized spacial score (nSPS) is 10.6. The summed E-state index contributed by atoms with van der Waals surface area (Å²) in [5.41, 5.74) is 12.3. The first kappa shape index (κ1) is 19.2. The topological polar surface area (TPSA) is 93.6 Å². The van der Waals surface area contributed by atoms with Crippen LogP contribution in [0.5, 0.6) is 0 Å². The molecule has 0 saturated heterocycles. The van der Waals surface area contributed by atoms with Gasteiger partial charge < -0.3 is 10.6 Å². The molecule has 0 fully saturated rings. The molecular formula is C24H21N6+. The van der Waals surface area contributed by atoms with E-state index in [1.807, 2.05) is 48.5 Å². The number of hydrogen-bond acceptors (Lipinski definition) is 5. The Labute approximate surface area is 175 Å². The number of nitrogens with zero attached hydrogens (tertiary/aromatic N) is 5. The van der Waals surface area contributed by atoms with Gasteiger partial charge in [0.1, 0.15) is 5.52 Å². The number of benzene rings is 3. The molecule has 146 valence electrons. The maximum absolute atomic E-state index is 9.03. The van der Waals surface area contributed by atoms with Crippen molar-refractivity contribution in [1.29, 1.82) is 10.5 Å². The van der Waals surface area contributed by atoms with Gasteiger partial charge in [-0.1, -0.05) is 24.3 Å². The summed E-state index contributed by atoms with van der Waals surface area (Å²) in [6, 6.07) is 26.3. The van der Waals surface area contributed by atoms with Crippen LogP contribution in [0.4, 0.5) is 11.4 Å². The van der Waals surface area contributed by atoms with E-state index in [2.05, 4.69) is 39.8 Å². The molecule has 30 heavy (non-hydrogen) atoms. The van der Waals surface area contributed by atoms with Gasteiger partial charge in [-0.15, -0.1) is 4.57 Å². The van der Waals surface area contributed by atoms with E-state index >= 15 is 0 Å². The van der Waals surface area contributed by atoms with Crippen molar-refractivity contribution in [3.05, 3.63) is 66.7 Å². The molecule has 3 aromatic carbocycles. The van der Waals surface area contributed by atoms with E-state index in [1.165, 1.54) is 0 Å². The third-order valence-electron chi connectivity index (χ3n) is 5.09. The lowest BCUT2D eigenvalue weighted by Crippen LogP contribution is -2.34. The number of nitriles is 2. The van der Waals surface area contributed by atoms with E-state index in [0.29, 0.717) is 31.6 Å². The van der Waals surface area contributed by atoms with Gasteiger partial charge in [-0.3, -0.25) is 0 Å². The van der Waals surface area contributed by atoms with E-state index in [1.54, 1.807) is 0 Å². The molecule has 0 aliphatic heterocycles. The molecule has 6 heteroatoms. The van der Waals surface area contributed by atoms with Gasteiger partial charge >= 0.3 is 0 Å². The van der Waals surface area contributed by atoms with Gasteiger partial charge in [-0.2, -0.15) is 10.5 Å². The second kappa shape index (κ2) is 8.46. The molecule has 0 bridgehead atoms. The zero-order chi connectivity index (χ0) is 20.9. The summed E-state index contributed by atoms with van der Waals surface area (Å²) in [4.78, 5) is 6.89. The zero-order valence-electron chi connectivity index (χ0n) is 16.5. The summed E-state index contributed by atoms with van der Waals surface area (Å²) in [5.74, 6) is 0. The Hall–Kier alpha value is -4.16. The molecule has 0 aliphatic carbocycles. The lowest BCUT2D eigenvalue weighted by Gasteiger charge is -2.22. The van der Waals surface area contributed by atoms with Crippen LogP contribution in [0.1, 0.15) is 12.8 Å². The zero-order valence-corrected chi connectivity index (χ0v) is 16.5. The van der Waals surface area contributed by atoms with Crippen LogP contribution in [0.3, 0.4) is 0 Å². The summed E-state index contributed by atoms with van der Waals surface area (Å²) in [6.45, 7) is 1.14. The Balaban J connectivity index is 1.98. The second-order valence-electron chi connectivity index (χ2n) is 6.97. The molecule has 0 spiro atoms. The third-order valence-corrected chi connectivity index (χ3v) is 5.09. The summed E-state index contributed by atoms with van der Waals surface area (Å²) >= 11 is 0. The van der Waals surface area contributed by atoms with Crippen LogP contribution in [-0.2, 0) is 0 Å². The third kappa shape index (κ3) is 3.59. The predicted molar refractivity (Wildman–Crippen MR) is 118 cm³/mol. The average molecular weight is 393 g/mol. The SMILES string of the molecule is N#CCCN(CCC#N)c1ccc2nc3c(N)cccc3[n+](-c3ccccc3)c2c1. The molecule has 1 aromatic heterocycles. The molecule has 0 aliphatic rings. The van der Waals surface area contributed by atoms with Crippen LogP contribution in [0.2, 0.25) is 0 Å². The Morgan fingerprint density at radius 2 is 1.60 bits per heavy atom. The van der Waals surface area contributed by atoms with Crippen molar-refractivity contribution in [2.45, 2.75) is 12.8 Å². The van der Waals surface area contributed by atoms with Gasteiger partial charge in [0.05, 0.1) is 30.7 Å². The quantitative estimate of drug-likeness (QED) is 0.305. The van der Waals surface area contributed by atoms with Crippen molar-refractivity contribution in [1.82, 2.24) is 4.98 Å². The second-order valence-corrected chi connectivity index (χ2v) is 6.97. The molecule has 4 aromatic rings. The highest BCUT2D eigenvalue weighted by atomic mass is 15.1. The molecule has 6 nitrogen and oxygen atoms in total. The number of nitrogens with two attached hydrogens (primary N) is 1. The fraction of sp³-hybridized carbons (Fsp3) is 0.167. The Morgan fingerprint density at radius 1 is 0.867 bits per heavy atom. The minimum atomic E-state index is 0.397. The highest BCUT2D eigenvalue weighted by Gasteiger charge is 2.21. The average Bonchev–Trinajstić information content (AvgIpc) is 2.78. The summed E-state index contributed by atoms with van der Waals surface area (Å²) in [5, 5.41) is 18.1. The first-order valence-electron chi connectivity index (χ1n) is 9.81. The lowest BCUT2D eigenvalue weighted by atomic mass is 10.1. The predicted octanol–water partition coefficient (Wildman–Crippen LogP) is 3.88. The number of para-hydroxylation sites is 2. The van der Waals surface area contributed by atoms with Crippen LogP contribution in [0.25, 0.3) is 27.8 Å². The minimum Gasteiger partial charge on any atom is -0.397 e. The van der Waals surface area contributed by atoms with Crippen molar-refractivity contribution in [3.8, 4) is 17.8 Å². The number of anilines is 2. The molecule has 0 radical (unpaired) electrons. The van der Waals surface area contributed by atoms with E-state index in [4.69, 9.17) is 21.2 Å². The van der Waals surface area contributed by atoms with Gasteiger partial charge in [0, 0.05) is 43.0 Å². The van der Waals surface area contributed by atoms with Gasteiger partial charge in [0.15, 0.2) is 5.52 Å². The smallest absolute Gasteiger partial charge is 0.239 e. The maximum atomic E-state index is 9.03. The molecule has 0 unspecified atom stereocenters. The van der Waals surface area contributed by atoms with E-state index in [0.717, 1.165) is 33.4 Å². The Morgan fingerprint density at radius 3 is 2.30 bits per heavy atom. The van der Waals surface area contributed by atoms with Crippen LogP contribution >= 0.6 is 0 Å². The van der Waals surface area contributed by atoms with E-state index < -0.39 is 0 Å². The molecule has 2 N–H and O–H groups in total. The fourth-order valence-electron chi connectivity index (χ4n) is 3.68. The largest absolute Gasteiger partial charge is 0.397 e. The van der Waals surface area contributed by atoms with E-state index in [9.17, 15) is 0 Å². The van der Waals surface area contributed by atoms with Gasteiger partial charge in [-0.25, -0.2) is 4.98 Å². The Kier molecular flexibility index (Phi) is 5.41.